The van der Waals surface area contributed by atoms with E-state index < -0.39 is 0 Å². The highest BCUT2D eigenvalue weighted by Gasteiger charge is 2.44. The van der Waals surface area contributed by atoms with Gasteiger partial charge in [0.2, 0.25) is 5.91 Å². The molecule has 0 aliphatic carbocycles. The molecule has 1 aliphatic rings. The van der Waals surface area contributed by atoms with Gasteiger partial charge >= 0.3 is 0 Å². The molecule has 0 atom stereocenters. The monoisotopic (exact) mass is 387 g/mol. The largest absolute Gasteiger partial charge is 0.382 e. The van der Waals surface area contributed by atoms with E-state index in [4.69, 9.17) is 4.74 Å². The normalized spacial score (nSPS) is 22.5. The summed E-state index contributed by atoms with van der Waals surface area (Å²) < 4.78 is 5.63. The van der Waals surface area contributed by atoms with E-state index >= 15 is 0 Å². The SMILES string of the molecule is CCC(=O)N(c1ccccc1)C1(COC)CC[NH+](CCc2cccs2)CC1. The van der Waals surface area contributed by atoms with Gasteiger partial charge in [-0.25, -0.2) is 0 Å². The topological polar surface area (TPSA) is 34.0 Å². The van der Waals surface area contributed by atoms with Gasteiger partial charge in [0.15, 0.2) is 0 Å². The number of para-hydroxylation sites is 1. The number of piperidine rings is 1. The standard InChI is InChI=1S/C22H30N2O2S/c1-3-21(25)24(19-8-5-4-6-9-19)22(18-26-2)12-15-23(16-13-22)14-11-20-10-7-17-27-20/h4-10,17H,3,11-16,18H2,1-2H3/p+1. The molecular weight excluding hydrogens is 356 g/mol. The summed E-state index contributed by atoms with van der Waals surface area (Å²) in [6.45, 7) is 5.85. The van der Waals surface area contributed by atoms with E-state index in [0.29, 0.717) is 13.0 Å². The molecule has 2 aromatic rings. The lowest BCUT2D eigenvalue weighted by Gasteiger charge is -2.47. The molecule has 2 heterocycles. The van der Waals surface area contributed by atoms with Gasteiger partial charge in [-0.05, 0) is 23.6 Å². The molecule has 1 aromatic carbocycles. The first-order chi connectivity index (χ1) is 13.2. The Morgan fingerprint density at radius 1 is 1.19 bits per heavy atom. The Kier molecular flexibility index (Phi) is 7.05. The van der Waals surface area contributed by atoms with E-state index in [1.54, 1.807) is 12.0 Å². The number of thiophene rings is 1. The van der Waals surface area contributed by atoms with E-state index in [0.717, 1.165) is 44.6 Å². The maximum absolute atomic E-state index is 12.9. The van der Waals surface area contributed by atoms with Crippen LogP contribution in [0.1, 0.15) is 31.1 Å². The number of amides is 1. The Labute approximate surface area is 166 Å². The number of hydrogen-bond acceptors (Lipinski definition) is 3. The number of likely N-dealkylation sites (tertiary alicyclic amines) is 1. The number of carbonyl (C=O) groups excluding carboxylic acids is 1. The van der Waals surface area contributed by atoms with Crippen molar-refractivity contribution in [1.29, 1.82) is 0 Å². The number of quaternary nitrogens is 1. The fourth-order valence-corrected chi connectivity index (χ4v) is 4.90. The average Bonchev–Trinajstić information content (AvgIpc) is 3.22. The van der Waals surface area contributed by atoms with Gasteiger partial charge < -0.3 is 14.5 Å². The first kappa shape index (κ1) is 20.1. The predicted molar refractivity (Wildman–Crippen MR) is 112 cm³/mol. The summed E-state index contributed by atoms with van der Waals surface area (Å²) in [4.78, 5) is 18.0. The molecule has 3 rings (SSSR count). The lowest BCUT2D eigenvalue weighted by atomic mass is 9.85. The minimum Gasteiger partial charge on any atom is -0.382 e. The Hall–Kier alpha value is -1.69. The number of nitrogens with zero attached hydrogens (tertiary/aromatic N) is 1. The zero-order chi connectivity index (χ0) is 19.1. The third-order valence-electron chi connectivity index (χ3n) is 5.65. The van der Waals surface area contributed by atoms with Crippen LogP contribution in [0, 0.1) is 0 Å². The van der Waals surface area contributed by atoms with Gasteiger partial charge in [0.1, 0.15) is 0 Å². The Balaban J connectivity index is 1.74. The van der Waals surface area contributed by atoms with Crippen molar-refractivity contribution >= 4 is 22.9 Å². The number of ether oxygens (including phenoxy) is 1. The van der Waals surface area contributed by atoms with Gasteiger partial charge in [-0.1, -0.05) is 31.2 Å². The summed E-state index contributed by atoms with van der Waals surface area (Å²) in [5.41, 5.74) is 0.749. The molecule has 146 valence electrons. The third kappa shape index (κ3) is 4.78. The second-order valence-corrected chi connectivity index (χ2v) is 8.44. The molecule has 1 fully saturated rings. The van der Waals surface area contributed by atoms with E-state index in [1.807, 2.05) is 53.5 Å². The maximum Gasteiger partial charge on any atom is 0.227 e. The number of methoxy groups -OCH3 is 1. The first-order valence-corrected chi connectivity index (χ1v) is 10.8. The number of rotatable bonds is 8. The minimum atomic E-state index is -0.240. The quantitative estimate of drug-likeness (QED) is 0.756. The smallest absolute Gasteiger partial charge is 0.227 e. The van der Waals surface area contributed by atoms with Crippen LogP contribution in [-0.2, 0) is 16.0 Å². The number of nitrogens with one attached hydrogen (secondary N) is 1. The van der Waals surface area contributed by atoms with Crippen molar-refractivity contribution < 1.29 is 14.4 Å². The van der Waals surface area contributed by atoms with Gasteiger partial charge in [-0.15, -0.1) is 11.3 Å². The van der Waals surface area contributed by atoms with Gasteiger partial charge in [-0.3, -0.25) is 4.79 Å². The molecule has 0 saturated carbocycles. The summed E-state index contributed by atoms with van der Waals surface area (Å²) >= 11 is 1.84. The highest BCUT2D eigenvalue weighted by Crippen LogP contribution is 2.32. The molecule has 1 N–H and O–H groups in total. The Morgan fingerprint density at radius 3 is 2.52 bits per heavy atom. The summed E-state index contributed by atoms with van der Waals surface area (Å²) in [6, 6.07) is 14.4. The molecule has 1 aliphatic heterocycles. The Morgan fingerprint density at radius 2 is 1.93 bits per heavy atom. The van der Waals surface area contributed by atoms with Crippen LogP contribution >= 0.6 is 11.3 Å². The second-order valence-electron chi connectivity index (χ2n) is 7.40. The Bertz CT molecular complexity index is 694. The summed E-state index contributed by atoms with van der Waals surface area (Å²) in [5, 5.41) is 2.15. The number of carbonyl (C=O) groups is 1. The molecule has 4 nitrogen and oxygen atoms in total. The minimum absolute atomic E-state index is 0.181. The second kappa shape index (κ2) is 9.49. The number of hydrogen-bond donors (Lipinski definition) is 1. The zero-order valence-corrected chi connectivity index (χ0v) is 17.3. The number of anilines is 1. The van der Waals surface area contributed by atoms with E-state index in [-0.39, 0.29) is 11.4 Å². The van der Waals surface area contributed by atoms with Crippen molar-refractivity contribution in [2.75, 3.05) is 38.3 Å². The van der Waals surface area contributed by atoms with Gasteiger partial charge in [-0.2, -0.15) is 0 Å². The van der Waals surface area contributed by atoms with Crippen LogP contribution in [0.2, 0.25) is 0 Å². The molecule has 27 heavy (non-hydrogen) atoms. The summed E-state index contributed by atoms with van der Waals surface area (Å²) in [5.74, 6) is 0.181. The molecule has 1 amide bonds. The summed E-state index contributed by atoms with van der Waals surface area (Å²) in [6.07, 6.45) is 3.60. The molecule has 5 heteroatoms. The average molecular weight is 388 g/mol. The zero-order valence-electron chi connectivity index (χ0n) is 16.4. The van der Waals surface area contributed by atoms with Crippen molar-refractivity contribution in [2.24, 2.45) is 0 Å². The van der Waals surface area contributed by atoms with Crippen LogP contribution < -0.4 is 9.80 Å². The van der Waals surface area contributed by atoms with E-state index in [9.17, 15) is 4.79 Å². The van der Waals surface area contributed by atoms with Crippen LogP contribution in [-0.4, -0.2) is 44.8 Å². The van der Waals surface area contributed by atoms with Crippen molar-refractivity contribution in [3.63, 3.8) is 0 Å². The van der Waals surface area contributed by atoms with Crippen LogP contribution in [0.3, 0.4) is 0 Å². The molecule has 0 bridgehead atoms. The van der Waals surface area contributed by atoms with Crippen LogP contribution in [0.4, 0.5) is 5.69 Å². The van der Waals surface area contributed by atoms with Crippen LogP contribution in [0.25, 0.3) is 0 Å². The van der Waals surface area contributed by atoms with Crippen molar-refractivity contribution in [3.05, 3.63) is 52.7 Å². The molecule has 1 aromatic heterocycles. The van der Waals surface area contributed by atoms with Gasteiger partial charge in [0.25, 0.3) is 0 Å². The van der Waals surface area contributed by atoms with E-state index in [1.165, 1.54) is 4.88 Å². The predicted octanol–water partition coefficient (Wildman–Crippen LogP) is 2.80. The first-order valence-electron chi connectivity index (χ1n) is 9.91. The molecule has 1 saturated heterocycles. The lowest BCUT2D eigenvalue weighted by Crippen LogP contribution is -3.14. The molecule has 0 radical (unpaired) electrons. The van der Waals surface area contributed by atoms with E-state index in [2.05, 4.69) is 17.5 Å². The number of benzene rings is 1. The van der Waals surface area contributed by atoms with Gasteiger partial charge in [0, 0.05) is 43.4 Å². The fourth-order valence-electron chi connectivity index (χ4n) is 4.19. The molecule has 0 unspecified atom stereocenters. The maximum atomic E-state index is 12.9. The highest BCUT2D eigenvalue weighted by atomic mass is 32.1. The summed E-state index contributed by atoms with van der Waals surface area (Å²) in [7, 11) is 1.75. The van der Waals surface area contributed by atoms with Crippen molar-refractivity contribution in [3.8, 4) is 0 Å². The third-order valence-corrected chi connectivity index (χ3v) is 6.58. The van der Waals surface area contributed by atoms with Crippen molar-refractivity contribution in [1.82, 2.24) is 0 Å². The van der Waals surface area contributed by atoms with Crippen LogP contribution in [0.5, 0.6) is 0 Å². The highest BCUT2D eigenvalue weighted by molar-refractivity contribution is 7.09. The van der Waals surface area contributed by atoms with Gasteiger partial charge in [0.05, 0.1) is 31.8 Å². The lowest BCUT2D eigenvalue weighted by molar-refractivity contribution is -0.906. The molecular formula is C22H31N2O2S+. The fraction of sp³-hybridized carbons (Fsp3) is 0.500. The van der Waals surface area contributed by atoms with Crippen LogP contribution in [0.15, 0.2) is 47.8 Å². The molecule has 0 spiro atoms. The van der Waals surface area contributed by atoms with Crippen molar-refractivity contribution in [2.45, 2.75) is 38.1 Å².